The van der Waals surface area contributed by atoms with Crippen molar-refractivity contribution < 1.29 is 4.74 Å². The van der Waals surface area contributed by atoms with Crippen LogP contribution in [0.3, 0.4) is 0 Å². The van der Waals surface area contributed by atoms with Gasteiger partial charge in [0.1, 0.15) is 9.86 Å². The molecule has 6 heteroatoms. The van der Waals surface area contributed by atoms with Crippen molar-refractivity contribution in [3.05, 3.63) is 10.4 Å². The van der Waals surface area contributed by atoms with Crippen LogP contribution in [0.25, 0.3) is 10.2 Å². The van der Waals surface area contributed by atoms with Gasteiger partial charge < -0.3 is 4.74 Å². The molecule has 3 rings (SSSR count). The summed E-state index contributed by atoms with van der Waals surface area (Å²) < 4.78 is 6.02. The van der Waals surface area contributed by atoms with Gasteiger partial charge in [0, 0.05) is 16.7 Å². The van der Waals surface area contributed by atoms with Crippen molar-refractivity contribution in [3.8, 4) is 0 Å². The van der Waals surface area contributed by atoms with E-state index in [4.69, 9.17) is 14.7 Å². The first-order valence-corrected chi connectivity index (χ1v) is 10.6. The molecule has 22 heavy (non-hydrogen) atoms. The highest BCUT2D eigenvalue weighted by Crippen LogP contribution is 2.41. The molecular formula is C16H22N2OS3. The zero-order chi connectivity index (χ0) is 15.7. The van der Waals surface area contributed by atoms with E-state index in [1.807, 2.05) is 11.8 Å². The third-order valence-electron chi connectivity index (χ3n) is 3.81. The lowest BCUT2D eigenvalue weighted by molar-refractivity contribution is 0.00199. The van der Waals surface area contributed by atoms with Crippen LogP contribution in [0.5, 0.6) is 0 Å². The summed E-state index contributed by atoms with van der Waals surface area (Å²) in [5, 5.41) is 3.36. The molecule has 120 valence electrons. The third-order valence-corrected chi connectivity index (χ3v) is 6.50. The maximum atomic E-state index is 6.02. The number of hydrogen-bond acceptors (Lipinski definition) is 6. The van der Waals surface area contributed by atoms with E-state index in [1.54, 1.807) is 23.1 Å². The SMILES string of the molecule is CCSc1nc(SCC)c2c3c(sc2n1)CO[C@@H](C(C)C)C3. The molecule has 0 saturated heterocycles. The number of rotatable bonds is 5. The van der Waals surface area contributed by atoms with Crippen molar-refractivity contribution in [2.75, 3.05) is 11.5 Å². The summed E-state index contributed by atoms with van der Waals surface area (Å²) in [7, 11) is 0. The molecule has 0 amide bonds. The maximum Gasteiger partial charge on any atom is 0.189 e. The van der Waals surface area contributed by atoms with Crippen molar-refractivity contribution in [2.45, 2.75) is 57.0 Å². The van der Waals surface area contributed by atoms with E-state index in [0.29, 0.717) is 12.0 Å². The second kappa shape index (κ2) is 7.07. The average molecular weight is 355 g/mol. The minimum Gasteiger partial charge on any atom is -0.372 e. The van der Waals surface area contributed by atoms with Gasteiger partial charge in [0.05, 0.1) is 12.7 Å². The van der Waals surface area contributed by atoms with Crippen LogP contribution < -0.4 is 0 Å². The van der Waals surface area contributed by atoms with Crippen molar-refractivity contribution in [2.24, 2.45) is 5.92 Å². The number of aromatic nitrogens is 2. The van der Waals surface area contributed by atoms with E-state index < -0.39 is 0 Å². The van der Waals surface area contributed by atoms with Crippen molar-refractivity contribution in [1.29, 1.82) is 0 Å². The Morgan fingerprint density at radius 3 is 2.68 bits per heavy atom. The van der Waals surface area contributed by atoms with Gasteiger partial charge in [-0.05, 0) is 23.0 Å². The first-order chi connectivity index (χ1) is 10.6. The lowest BCUT2D eigenvalue weighted by Gasteiger charge is -2.26. The van der Waals surface area contributed by atoms with Crippen LogP contribution in [0.1, 0.15) is 38.1 Å². The number of fused-ring (bicyclic) bond motifs is 3. The van der Waals surface area contributed by atoms with Crippen molar-refractivity contribution in [1.82, 2.24) is 9.97 Å². The molecule has 0 unspecified atom stereocenters. The fourth-order valence-electron chi connectivity index (χ4n) is 2.69. The van der Waals surface area contributed by atoms with Gasteiger partial charge in [-0.2, -0.15) is 0 Å². The number of thioether (sulfide) groups is 2. The van der Waals surface area contributed by atoms with Crippen LogP contribution in [0.4, 0.5) is 0 Å². The largest absolute Gasteiger partial charge is 0.372 e. The molecule has 3 nitrogen and oxygen atoms in total. The fourth-order valence-corrected chi connectivity index (χ4v) is 5.35. The molecule has 1 aliphatic heterocycles. The Kier molecular flexibility index (Phi) is 5.32. The number of nitrogens with zero attached hydrogens (tertiary/aromatic N) is 2. The molecule has 0 spiro atoms. The molecule has 0 bridgehead atoms. The van der Waals surface area contributed by atoms with E-state index in [2.05, 4.69) is 27.7 Å². The molecule has 0 N–H and O–H groups in total. The van der Waals surface area contributed by atoms with E-state index in [0.717, 1.165) is 39.5 Å². The Bertz CT molecular complexity index is 669. The minimum atomic E-state index is 0.314. The summed E-state index contributed by atoms with van der Waals surface area (Å²) in [6, 6.07) is 0. The first-order valence-electron chi connectivity index (χ1n) is 7.83. The summed E-state index contributed by atoms with van der Waals surface area (Å²) in [4.78, 5) is 12.1. The van der Waals surface area contributed by atoms with E-state index >= 15 is 0 Å². The van der Waals surface area contributed by atoms with Crippen LogP contribution >= 0.6 is 34.9 Å². The highest BCUT2D eigenvalue weighted by molar-refractivity contribution is 7.99. The molecule has 0 aromatic carbocycles. The number of thiophene rings is 1. The predicted octanol–water partition coefficient (Wildman–Crippen LogP) is 5.01. The number of ether oxygens (including phenoxy) is 1. The van der Waals surface area contributed by atoms with Gasteiger partial charge in [0.25, 0.3) is 0 Å². The van der Waals surface area contributed by atoms with Gasteiger partial charge in [-0.3, -0.25) is 0 Å². The summed E-state index contributed by atoms with van der Waals surface area (Å²) >= 11 is 5.35. The molecule has 3 heterocycles. The zero-order valence-corrected chi connectivity index (χ0v) is 16.0. The second-order valence-electron chi connectivity index (χ2n) is 5.66. The second-order valence-corrected chi connectivity index (χ2v) is 9.23. The van der Waals surface area contributed by atoms with Gasteiger partial charge in [0.15, 0.2) is 5.16 Å². The summed E-state index contributed by atoms with van der Waals surface area (Å²) in [5.74, 6) is 2.59. The quantitative estimate of drug-likeness (QED) is 0.428. The predicted molar refractivity (Wildman–Crippen MR) is 97.3 cm³/mol. The van der Waals surface area contributed by atoms with E-state index in [-0.39, 0.29) is 0 Å². The molecule has 0 aliphatic carbocycles. The van der Waals surface area contributed by atoms with Gasteiger partial charge >= 0.3 is 0 Å². The van der Waals surface area contributed by atoms with E-state index in [9.17, 15) is 0 Å². The molecule has 2 aromatic heterocycles. The average Bonchev–Trinajstić information content (AvgIpc) is 2.85. The van der Waals surface area contributed by atoms with Crippen molar-refractivity contribution in [3.63, 3.8) is 0 Å². The summed E-state index contributed by atoms with van der Waals surface area (Å²) in [6.07, 6.45) is 1.31. The van der Waals surface area contributed by atoms with Crippen LogP contribution in [0.15, 0.2) is 10.2 Å². The van der Waals surface area contributed by atoms with Crippen LogP contribution in [-0.4, -0.2) is 27.6 Å². The summed E-state index contributed by atoms with van der Waals surface area (Å²) in [6.45, 7) is 9.53. The molecule has 2 aromatic rings. The Morgan fingerprint density at radius 2 is 2.00 bits per heavy atom. The molecular weight excluding hydrogens is 332 g/mol. The van der Waals surface area contributed by atoms with Crippen LogP contribution in [-0.2, 0) is 17.8 Å². The molecule has 0 radical (unpaired) electrons. The van der Waals surface area contributed by atoms with Gasteiger partial charge in [-0.1, -0.05) is 39.5 Å². The Labute approximate surface area is 144 Å². The highest BCUT2D eigenvalue weighted by Gasteiger charge is 2.27. The normalized spacial score (nSPS) is 18.1. The standard InChI is InChI=1S/C16H22N2OS3/c1-5-20-14-13-10-7-11(9(3)4)19-8-12(10)22-15(13)18-16(17-14)21-6-2/h9,11H,5-8H2,1-4H3/t11-/m1/s1. The smallest absolute Gasteiger partial charge is 0.189 e. The van der Waals surface area contributed by atoms with Crippen molar-refractivity contribution >= 4 is 45.1 Å². The highest BCUT2D eigenvalue weighted by atomic mass is 32.2. The van der Waals surface area contributed by atoms with Crippen LogP contribution in [0.2, 0.25) is 0 Å². The summed E-state index contributed by atoms with van der Waals surface area (Å²) in [5.41, 5.74) is 1.44. The Morgan fingerprint density at radius 1 is 1.23 bits per heavy atom. The topological polar surface area (TPSA) is 35.0 Å². The lowest BCUT2D eigenvalue weighted by Crippen LogP contribution is -2.26. The van der Waals surface area contributed by atoms with Crippen LogP contribution in [0, 0.1) is 5.92 Å². The van der Waals surface area contributed by atoms with Gasteiger partial charge in [-0.25, -0.2) is 9.97 Å². The van der Waals surface area contributed by atoms with Gasteiger partial charge in [-0.15, -0.1) is 23.1 Å². The third kappa shape index (κ3) is 3.16. The van der Waals surface area contributed by atoms with Gasteiger partial charge in [0.2, 0.25) is 0 Å². The molecule has 1 atom stereocenters. The Balaban J connectivity index is 2.10. The monoisotopic (exact) mass is 354 g/mol. The maximum absolute atomic E-state index is 6.02. The Hall–Kier alpha value is -0.300. The molecule has 0 saturated carbocycles. The lowest BCUT2D eigenvalue weighted by atomic mass is 9.96. The molecule has 1 aliphatic rings. The zero-order valence-electron chi connectivity index (χ0n) is 13.5. The minimum absolute atomic E-state index is 0.314. The molecule has 0 fully saturated rings. The van der Waals surface area contributed by atoms with E-state index in [1.165, 1.54) is 15.8 Å². The fraction of sp³-hybridized carbons (Fsp3) is 0.625. The number of hydrogen-bond donors (Lipinski definition) is 0. The first kappa shape index (κ1) is 16.6.